The predicted octanol–water partition coefficient (Wildman–Crippen LogP) is 6.58. The van der Waals surface area contributed by atoms with Crippen LogP contribution in [0.5, 0.6) is 5.75 Å². The van der Waals surface area contributed by atoms with Crippen molar-refractivity contribution in [2.75, 3.05) is 12.4 Å². The van der Waals surface area contributed by atoms with Gasteiger partial charge in [-0.2, -0.15) is 14.3 Å². The largest absolute Gasteiger partial charge is 0.497 e. The fourth-order valence-corrected chi connectivity index (χ4v) is 4.87. The van der Waals surface area contributed by atoms with Crippen LogP contribution in [-0.4, -0.2) is 32.6 Å². The van der Waals surface area contributed by atoms with E-state index in [1.807, 2.05) is 54.6 Å². The van der Waals surface area contributed by atoms with Gasteiger partial charge in [0.05, 0.1) is 40.0 Å². The summed E-state index contributed by atoms with van der Waals surface area (Å²) in [7, 11) is 1.62. The molecule has 1 N–H and O–H groups in total. The van der Waals surface area contributed by atoms with E-state index in [9.17, 15) is 4.79 Å². The summed E-state index contributed by atoms with van der Waals surface area (Å²) in [5.74, 6) is 1.57. The topological polar surface area (TPSA) is 85.8 Å². The molecule has 2 heterocycles. The summed E-state index contributed by atoms with van der Waals surface area (Å²) in [6.07, 6.45) is 2.03. The van der Waals surface area contributed by atoms with Gasteiger partial charge in [-0.15, -0.1) is 5.10 Å². The third-order valence-corrected chi connectivity index (χ3v) is 7.04. The van der Waals surface area contributed by atoms with Crippen LogP contribution in [0.15, 0.2) is 101 Å². The van der Waals surface area contributed by atoms with Crippen LogP contribution in [0.2, 0.25) is 10.0 Å². The molecule has 0 fully saturated rings. The zero-order valence-corrected chi connectivity index (χ0v) is 22.8. The molecular formula is C30H22Cl2N6O2. The normalized spacial score (nSPS) is 11.5. The highest BCUT2D eigenvalue weighted by Gasteiger charge is 2.18. The molecule has 0 aliphatic rings. The van der Waals surface area contributed by atoms with E-state index in [0.717, 1.165) is 22.6 Å². The lowest BCUT2D eigenvalue weighted by Crippen LogP contribution is -2.16. The number of hydrogen-bond donors (Lipinski definition) is 1. The lowest BCUT2D eigenvalue weighted by Gasteiger charge is -2.14. The Labute approximate surface area is 239 Å². The van der Waals surface area contributed by atoms with Crippen LogP contribution in [-0.2, 0) is 6.42 Å². The number of fused-ring (bicyclic) bond motifs is 2. The molecule has 0 amide bonds. The molecule has 0 radical (unpaired) electrons. The Bertz CT molecular complexity index is 1930. The van der Waals surface area contributed by atoms with Crippen molar-refractivity contribution in [1.29, 1.82) is 0 Å². The third-order valence-electron chi connectivity index (χ3n) is 6.41. The van der Waals surface area contributed by atoms with Crippen molar-refractivity contribution in [3.05, 3.63) is 128 Å². The number of rotatable bonds is 7. The number of nitrogens with one attached hydrogen (secondary N) is 1. The van der Waals surface area contributed by atoms with Gasteiger partial charge >= 0.3 is 0 Å². The quantitative estimate of drug-likeness (QED) is 0.220. The molecule has 40 heavy (non-hydrogen) atoms. The molecule has 6 aromatic rings. The van der Waals surface area contributed by atoms with E-state index in [2.05, 4.69) is 10.4 Å². The van der Waals surface area contributed by atoms with Gasteiger partial charge in [-0.3, -0.25) is 4.79 Å². The molecule has 8 nitrogen and oxygen atoms in total. The molecule has 0 saturated carbocycles. The molecule has 0 bridgehead atoms. The number of benzene rings is 4. The SMILES string of the molecule is COc1ccc(/C=N/n2c(Cc3ccccc3Nc3c(Cl)cccc3Cl)nn3c(=O)c4ccccc4nc23)cc1. The minimum absolute atomic E-state index is 0.269. The zero-order chi connectivity index (χ0) is 27.6. The fraction of sp³-hybridized carbons (Fsp3) is 0.0667. The van der Waals surface area contributed by atoms with Crippen LogP contribution < -0.4 is 15.6 Å². The average molecular weight is 569 g/mol. The van der Waals surface area contributed by atoms with Crippen LogP contribution in [0.3, 0.4) is 0 Å². The molecule has 0 saturated heterocycles. The Morgan fingerprint density at radius 1 is 0.925 bits per heavy atom. The van der Waals surface area contributed by atoms with Crippen molar-refractivity contribution in [2.45, 2.75) is 6.42 Å². The first-order chi connectivity index (χ1) is 19.5. The first-order valence-electron chi connectivity index (χ1n) is 12.4. The maximum absolute atomic E-state index is 13.4. The Morgan fingerprint density at radius 2 is 1.65 bits per heavy atom. The average Bonchev–Trinajstić information content (AvgIpc) is 3.32. The molecule has 0 unspecified atom stereocenters. The van der Waals surface area contributed by atoms with Gasteiger partial charge in [0.15, 0.2) is 5.82 Å². The minimum Gasteiger partial charge on any atom is -0.497 e. The monoisotopic (exact) mass is 568 g/mol. The van der Waals surface area contributed by atoms with E-state index in [-0.39, 0.29) is 5.56 Å². The lowest BCUT2D eigenvalue weighted by molar-refractivity contribution is 0.415. The molecule has 2 aromatic heterocycles. The number of hydrogen-bond acceptors (Lipinski definition) is 6. The summed E-state index contributed by atoms with van der Waals surface area (Å²) in [6.45, 7) is 0. The molecule has 0 aliphatic heterocycles. The van der Waals surface area contributed by atoms with Gasteiger partial charge in [0.1, 0.15) is 5.75 Å². The third kappa shape index (κ3) is 4.90. The maximum atomic E-state index is 13.4. The van der Waals surface area contributed by atoms with Crippen molar-refractivity contribution in [1.82, 2.24) is 19.3 Å². The Kier molecular flexibility index (Phi) is 6.94. The van der Waals surface area contributed by atoms with Crippen molar-refractivity contribution in [3.63, 3.8) is 0 Å². The standard InChI is InChI=1S/C30H22Cl2N6O2/c1-40-21-15-13-19(14-16-21)18-33-37-27(36-38-29(39)22-8-3-5-12-26(22)35-30(37)38)17-20-7-2-4-11-25(20)34-28-23(31)9-6-10-24(28)32/h2-16,18,34H,17H2,1H3/b33-18+. The van der Waals surface area contributed by atoms with Crippen molar-refractivity contribution in [3.8, 4) is 5.75 Å². The number of anilines is 2. The summed E-state index contributed by atoms with van der Waals surface area (Å²) < 4.78 is 8.15. The van der Waals surface area contributed by atoms with Crippen LogP contribution in [0.4, 0.5) is 11.4 Å². The number of ether oxygens (including phenoxy) is 1. The summed E-state index contributed by atoms with van der Waals surface area (Å²) in [4.78, 5) is 18.1. The zero-order valence-electron chi connectivity index (χ0n) is 21.3. The van der Waals surface area contributed by atoms with E-state index in [4.69, 9.17) is 38.0 Å². The number of aromatic nitrogens is 4. The smallest absolute Gasteiger partial charge is 0.283 e. The first-order valence-corrected chi connectivity index (χ1v) is 13.1. The highest BCUT2D eigenvalue weighted by atomic mass is 35.5. The Hall–Kier alpha value is -4.66. The summed E-state index contributed by atoms with van der Waals surface area (Å²) >= 11 is 12.8. The molecule has 10 heteroatoms. The van der Waals surface area contributed by atoms with Crippen molar-refractivity contribution < 1.29 is 4.74 Å². The van der Waals surface area contributed by atoms with Crippen LogP contribution in [0.25, 0.3) is 16.7 Å². The summed E-state index contributed by atoms with van der Waals surface area (Å²) in [6, 6.07) is 27.8. The van der Waals surface area contributed by atoms with E-state index < -0.39 is 0 Å². The summed E-state index contributed by atoms with van der Waals surface area (Å²) in [5.41, 5.74) is 3.43. The Morgan fingerprint density at radius 3 is 2.42 bits per heavy atom. The maximum Gasteiger partial charge on any atom is 0.283 e. The number of methoxy groups -OCH3 is 1. The molecule has 0 spiro atoms. The second kappa shape index (κ2) is 10.8. The van der Waals surface area contributed by atoms with Crippen LogP contribution >= 0.6 is 23.2 Å². The predicted molar refractivity (Wildman–Crippen MR) is 160 cm³/mol. The van der Waals surface area contributed by atoms with Crippen molar-refractivity contribution >= 4 is 57.5 Å². The number of halogens is 2. The number of para-hydroxylation sites is 3. The minimum atomic E-state index is -0.269. The van der Waals surface area contributed by atoms with Gasteiger partial charge < -0.3 is 10.1 Å². The highest BCUT2D eigenvalue weighted by molar-refractivity contribution is 6.39. The molecular weight excluding hydrogens is 547 g/mol. The van der Waals surface area contributed by atoms with Crippen LogP contribution in [0, 0.1) is 0 Å². The first kappa shape index (κ1) is 25.6. The van der Waals surface area contributed by atoms with E-state index >= 15 is 0 Å². The molecule has 0 atom stereocenters. The van der Waals surface area contributed by atoms with Crippen molar-refractivity contribution in [2.24, 2.45) is 5.10 Å². The lowest BCUT2D eigenvalue weighted by atomic mass is 10.1. The number of nitrogens with zero attached hydrogens (tertiary/aromatic N) is 5. The van der Waals surface area contributed by atoms with Gasteiger partial charge in [0.2, 0.25) is 0 Å². The van der Waals surface area contributed by atoms with Gasteiger partial charge in [0, 0.05) is 12.1 Å². The Balaban J connectivity index is 1.47. The molecule has 4 aromatic carbocycles. The molecule has 6 rings (SSSR count). The van der Waals surface area contributed by atoms with E-state index in [0.29, 0.717) is 44.7 Å². The van der Waals surface area contributed by atoms with E-state index in [1.165, 1.54) is 4.52 Å². The van der Waals surface area contributed by atoms with Gasteiger partial charge in [-0.25, -0.2) is 4.98 Å². The second-order valence-corrected chi connectivity index (χ2v) is 9.76. The molecule has 0 aliphatic carbocycles. The fourth-order valence-electron chi connectivity index (χ4n) is 4.37. The van der Waals surface area contributed by atoms with E-state index in [1.54, 1.807) is 54.4 Å². The summed E-state index contributed by atoms with van der Waals surface area (Å²) in [5, 5.41) is 14.2. The van der Waals surface area contributed by atoms with Crippen LogP contribution in [0.1, 0.15) is 17.0 Å². The highest BCUT2D eigenvalue weighted by Crippen LogP contribution is 2.34. The second-order valence-electron chi connectivity index (χ2n) is 8.95. The molecule has 198 valence electrons. The van der Waals surface area contributed by atoms with Gasteiger partial charge in [-0.1, -0.05) is 59.6 Å². The van der Waals surface area contributed by atoms with Gasteiger partial charge in [-0.05, 0) is 65.7 Å². The van der Waals surface area contributed by atoms with Gasteiger partial charge in [0.25, 0.3) is 11.3 Å².